The first-order valence-corrected chi connectivity index (χ1v) is 10.4. The Kier molecular flexibility index (Phi) is 6.69. The molecule has 2 heterocycles. The number of aryl methyl sites for hydroxylation is 1. The molecule has 8 heteroatoms. The summed E-state index contributed by atoms with van der Waals surface area (Å²) in [5, 5.41) is 13.5. The third-order valence-corrected chi connectivity index (χ3v) is 5.94. The zero-order valence-corrected chi connectivity index (χ0v) is 17.3. The van der Waals surface area contributed by atoms with Crippen molar-refractivity contribution in [2.45, 2.75) is 55.3 Å². The van der Waals surface area contributed by atoms with Crippen LogP contribution in [0.25, 0.3) is 6.08 Å². The van der Waals surface area contributed by atoms with Gasteiger partial charge in [0, 0.05) is 24.0 Å². The van der Waals surface area contributed by atoms with E-state index >= 15 is 0 Å². The van der Waals surface area contributed by atoms with Gasteiger partial charge in [-0.05, 0) is 59.6 Å². The van der Waals surface area contributed by atoms with Crippen molar-refractivity contribution in [3.63, 3.8) is 0 Å². The molecule has 0 spiro atoms. The van der Waals surface area contributed by atoms with Crippen LogP contribution in [0.4, 0.5) is 0 Å². The molecule has 27 heavy (non-hydrogen) atoms. The number of furan rings is 1. The lowest BCUT2D eigenvalue weighted by Crippen LogP contribution is -2.36. The molecule has 0 saturated heterocycles. The predicted octanol–water partition coefficient (Wildman–Crippen LogP) is 4.65. The number of rotatable bonds is 5. The molecule has 0 aliphatic heterocycles. The standard InChI is InChI=1S/C19H19BrN4O2S/c1-12-7-8-22-19(23-12)27-18-16(20)10-15(26-18)9-13(11-21)17(25)24-14-5-3-2-4-6-14/h7-10,14H,2-6H2,1H3,(H,24,25)/b13-9+. The molecule has 0 aromatic carbocycles. The van der Waals surface area contributed by atoms with E-state index in [1.54, 1.807) is 12.3 Å². The number of nitrogens with zero attached hydrogens (tertiary/aromatic N) is 3. The van der Waals surface area contributed by atoms with Crippen LogP contribution in [0.5, 0.6) is 0 Å². The maximum absolute atomic E-state index is 12.4. The Bertz CT molecular complexity index is 897. The molecule has 1 N–H and O–H groups in total. The molecule has 3 rings (SSSR count). The van der Waals surface area contributed by atoms with Gasteiger partial charge in [0.15, 0.2) is 10.2 Å². The van der Waals surface area contributed by atoms with Crippen LogP contribution in [0.1, 0.15) is 43.6 Å². The van der Waals surface area contributed by atoms with E-state index in [4.69, 9.17) is 4.42 Å². The molecule has 0 atom stereocenters. The highest BCUT2D eigenvalue weighted by Gasteiger charge is 2.19. The van der Waals surface area contributed by atoms with E-state index < -0.39 is 0 Å². The number of carbonyl (C=O) groups excluding carboxylic acids is 1. The summed E-state index contributed by atoms with van der Waals surface area (Å²) >= 11 is 4.71. The van der Waals surface area contributed by atoms with Crippen LogP contribution in [0.2, 0.25) is 0 Å². The van der Waals surface area contributed by atoms with E-state index in [9.17, 15) is 10.1 Å². The fourth-order valence-electron chi connectivity index (χ4n) is 2.87. The van der Waals surface area contributed by atoms with Gasteiger partial charge in [0.05, 0.1) is 4.47 Å². The van der Waals surface area contributed by atoms with Crippen molar-refractivity contribution in [2.75, 3.05) is 0 Å². The molecular weight excluding hydrogens is 428 g/mol. The molecule has 1 saturated carbocycles. The second kappa shape index (κ2) is 9.20. The first-order valence-electron chi connectivity index (χ1n) is 8.74. The average molecular weight is 447 g/mol. The minimum atomic E-state index is -0.354. The second-order valence-electron chi connectivity index (χ2n) is 6.35. The van der Waals surface area contributed by atoms with Crippen molar-refractivity contribution < 1.29 is 9.21 Å². The van der Waals surface area contributed by atoms with E-state index in [1.807, 2.05) is 19.1 Å². The molecule has 1 aliphatic rings. The van der Waals surface area contributed by atoms with Crippen LogP contribution in [0, 0.1) is 18.3 Å². The van der Waals surface area contributed by atoms with E-state index in [2.05, 4.69) is 31.2 Å². The Morgan fingerprint density at radius 1 is 1.44 bits per heavy atom. The molecular formula is C19H19BrN4O2S. The number of carbonyl (C=O) groups is 1. The highest BCUT2D eigenvalue weighted by molar-refractivity contribution is 9.10. The van der Waals surface area contributed by atoms with E-state index in [1.165, 1.54) is 24.3 Å². The lowest BCUT2D eigenvalue weighted by atomic mass is 9.95. The topological polar surface area (TPSA) is 91.8 Å². The molecule has 1 fully saturated rings. The Hall–Kier alpha value is -2.11. The van der Waals surface area contributed by atoms with Gasteiger partial charge < -0.3 is 9.73 Å². The lowest BCUT2D eigenvalue weighted by Gasteiger charge is -2.22. The number of nitriles is 1. The van der Waals surface area contributed by atoms with E-state index in [-0.39, 0.29) is 17.5 Å². The highest BCUT2D eigenvalue weighted by Crippen LogP contribution is 2.35. The Labute approximate surface area is 170 Å². The lowest BCUT2D eigenvalue weighted by molar-refractivity contribution is -0.117. The zero-order valence-electron chi connectivity index (χ0n) is 14.9. The molecule has 0 unspecified atom stereocenters. The molecule has 140 valence electrons. The number of hydrogen-bond acceptors (Lipinski definition) is 6. The highest BCUT2D eigenvalue weighted by atomic mass is 79.9. The van der Waals surface area contributed by atoms with Gasteiger partial charge in [-0.2, -0.15) is 5.26 Å². The predicted molar refractivity (Wildman–Crippen MR) is 106 cm³/mol. The van der Waals surface area contributed by atoms with Crippen molar-refractivity contribution >= 4 is 39.7 Å². The number of aromatic nitrogens is 2. The zero-order chi connectivity index (χ0) is 19.2. The van der Waals surface area contributed by atoms with Gasteiger partial charge in [0.25, 0.3) is 5.91 Å². The van der Waals surface area contributed by atoms with Crippen molar-refractivity contribution in [1.82, 2.24) is 15.3 Å². The number of hydrogen-bond donors (Lipinski definition) is 1. The molecule has 1 amide bonds. The van der Waals surface area contributed by atoms with Gasteiger partial charge in [0.2, 0.25) is 0 Å². The maximum atomic E-state index is 12.4. The van der Waals surface area contributed by atoms with Crippen LogP contribution in [-0.2, 0) is 4.79 Å². The molecule has 0 radical (unpaired) electrons. The summed E-state index contributed by atoms with van der Waals surface area (Å²) in [6.07, 6.45) is 8.52. The minimum absolute atomic E-state index is 0.0326. The summed E-state index contributed by atoms with van der Waals surface area (Å²) in [6.45, 7) is 1.89. The van der Waals surface area contributed by atoms with Crippen molar-refractivity contribution in [2.24, 2.45) is 0 Å². The smallest absolute Gasteiger partial charge is 0.262 e. The second-order valence-corrected chi connectivity index (χ2v) is 8.14. The minimum Gasteiger partial charge on any atom is -0.449 e. The van der Waals surface area contributed by atoms with Gasteiger partial charge in [-0.25, -0.2) is 9.97 Å². The van der Waals surface area contributed by atoms with Crippen LogP contribution in [-0.4, -0.2) is 21.9 Å². The average Bonchev–Trinajstić information content (AvgIpc) is 2.99. The van der Waals surface area contributed by atoms with Crippen molar-refractivity contribution in [3.8, 4) is 6.07 Å². The number of nitrogens with one attached hydrogen (secondary N) is 1. The van der Waals surface area contributed by atoms with Crippen molar-refractivity contribution in [3.05, 3.63) is 39.8 Å². The first kappa shape index (κ1) is 19.6. The molecule has 0 bridgehead atoms. The summed E-state index contributed by atoms with van der Waals surface area (Å²) in [5.41, 5.74) is 0.895. The number of amides is 1. The van der Waals surface area contributed by atoms with Crippen LogP contribution < -0.4 is 5.32 Å². The molecule has 2 aromatic heterocycles. The van der Waals surface area contributed by atoms with Gasteiger partial charge in [0.1, 0.15) is 17.4 Å². The first-order chi connectivity index (χ1) is 13.0. The third-order valence-electron chi connectivity index (χ3n) is 4.22. The summed E-state index contributed by atoms with van der Waals surface area (Å²) in [4.78, 5) is 20.9. The van der Waals surface area contributed by atoms with E-state index in [0.29, 0.717) is 20.5 Å². The summed E-state index contributed by atoms with van der Waals surface area (Å²) < 4.78 is 6.48. The normalized spacial score (nSPS) is 15.4. The van der Waals surface area contributed by atoms with Gasteiger partial charge >= 0.3 is 0 Å². The summed E-state index contributed by atoms with van der Waals surface area (Å²) in [5.74, 6) is 0.0699. The summed E-state index contributed by atoms with van der Waals surface area (Å²) in [6, 6.07) is 5.66. The van der Waals surface area contributed by atoms with Crippen LogP contribution in [0.15, 0.2) is 43.0 Å². The number of halogens is 1. The quantitative estimate of drug-likeness (QED) is 0.408. The van der Waals surface area contributed by atoms with Crippen LogP contribution in [0.3, 0.4) is 0 Å². The van der Waals surface area contributed by atoms with Crippen LogP contribution >= 0.6 is 27.7 Å². The Morgan fingerprint density at radius 2 is 2.22 bits per heavy atom. The Morgan fingerprint density at radius 3 is 2.93 bits per heavy atom. The fourth-order valence-corrected chi connectivity index (χ4v) is 4.18. The molecule has 1 aliphatic carbocycles. The van der Waals surface area contributed by atoms with Crippen molar-refractivity contribution in [1.29, 1.82) is 5.26 Å². The monoisotopic (exact) mass is 446 g/mol. The largest absolute Gasteiger partial charge is 0.449 e. The fraction of sp³-hybridized carbons (Fsp3) is 0.368. The third kappa shape index (κ3) is 5.44. The maximum Gasteiger partial charge on any atom is 0.262 e. The molecule has 2 aromatic rings. The van der Waals surface area contributed by atoms with Gasteiger partial charge in [-0.3, -0.25) is 4.79 Å². The molecule has 6 nitrogen and oxygen atoms in total. The Balaban J connectivity index is 1.72. The summed E-state index contributed by atoms with van der Waals surface area (Å²) in [7, 11) is 0. The van der Waals surface area contributed by atoms with Gasteiger partial charge in [-0.1, -0.05) is 19.3 Å². The SMILES string of the molecule is Cc1ccnc(Sc2oc(/C=C(\C#N)C(=O)NC3CCCCC3)cc2Br)n1. The van der Waals surface area contributed by atoms with E-state index in [0.717, 1.165) is 31.4 Å². The van der Waals surface area contributed by atoms with Gasteiger partial charge in [-0.15, -0.1) is 0 Å².